The molecule has 0 saturated heterocycles. The fraction of sp³-hybridized carbons (Fsp3) is 0.381. The highest BCUT2D eigenvalue weighted by Gasteiger charge is 2.24. The number of anilines is 1. The number of fused-ring (bicyclic) bond motifs is 3. The standard InChI is InChI=1S/C20H22FN7O2S.CH4/c1-11(2)31(29,30)24-9-13-7-12(3-6-15(13)21)16-8-17-26-19(25-14-4-5-14)18-20(23-10-22-18)28(17)27-16;/h3,6-8,10-11,14,24H,4-5,9H2,1-2H3,(H,22,23)(H,25,26);1H4. The Kier molecular flexibility index (Phi) is 5.63. The zero-order valence-corrected chi connectivity index (χ0v) is 17.9. The van der Waals surface area contributed by atoms with Crippen molar-refractivity contribution in [3.63, 3.8) is 0 Å². The van der Waals surface area contributed by atoms with E-state index in [9.17, 15) is 12.8 Å². The van der Waals surface area contributed by atoms with Gasteiger partial charge in [-0.3, -0.25) is 0 Å². The van der Waals surface area contributed by atoms with Gasteiger partial charge in [-0.25, -0.2) is 27.5 Å². The number of aromatic amines is 1. The van der Waals surface area contributed by atoms with Crippen LogP contribution in [-0.2, 0) is 16.6 Å². The van der Waals surface area contributed by atoms with Crippen molar-refractivity contribution in [3.05, 3.63) is 42.0 Å². The van der Waals surface area contributed by atoms with Crippen molar-refractivity contribution < 1.29 is 12.8 Å². The summed E-state index contributed by atoms with van der Waals surface area (Å²) in [6.45, 7) is 3.01. The van der Waals surface area contributed by atoms with Crippen LogP contribution in [0.3, 0.4) is 0 Å². The number of nitrogens with one attached hydrogen (secondary N) is 3. The first-order valence-corrected chi connectivity index (χ1v) is 11.6. The molecule has 1 aromatic carbocycles. The van der Waals surface area contributed by atoms with Gasteiger partial charge in [-0.1, -0.05) is 7.43 Å². The number of aromatic nitrogens is 5. The van der Waals surface area contributed by atoms with Crippen LogP contribution in [0.2, 0.25) is 0 Å². The smallest absolute Gasteiger partial charge is 0.214 e. The van der Waals surface area contributed by atoms with Crippen LogP contribution in [0.25, 0.3) is 28.1 Å². The van der Waals surface area contributed by atoms with Gasteiger partial charge in [0.1, 0.15) is 11.3 Å². The number of imidazole rings is 1. The topological polar surface area (TPSA) is 117 Å². The molecule has 0 atom stereocenters. The molecule has 3 N–H and O–H groups in total. The van der Waals surface area contributed by atoms with Crippen LogP contribution in [0.5, 0.6) is 0 Å². The number of nitrogens with zero attached hydrogens (tertiary/aromatic N) is 4. The van der Waals surface area contributed by atoms with Crippen LogP contribution in [0.1, 0.15) is 39.7 Å². The molecule has 1 aliphatic carbocycles. The van der Waals surface area contributed by atoms with Gasteiger partial charge in [-0.15, -0.1) is 0 Å². The summed E-state index contributed by atoms with van der Waals surface area (Å²) in [7, 11) is -3.50. The molecule has 0 radical (unpaired) electrons. The van der Waals surface area contributed by atoms with Gasteiger partial charge in [-0.05, 0) is 44.9 Å². The van der Waals surface area contributed by atoms with Crippen molar-refractivity contribution in [2.24, 2.45) is 0 Å². The van der Waals surface area contributed by atoms with Crippen molar-refractivity contribution in [1.82, 2.24) is 29.3 Å². The summed E-state index contributed by atoms with van der Waals surface area (Å²) < 4.78 is 42.5. The molecule has 0 aliphatic heterocycles. The molecule has 9 nitrogen and oxygen atoms in total. The van der Waals surface area contributed by atoms with Gasteiger partial charge in [0.15, 0.2) is 17.1 Å². The molecule has 0 amide bonds. The molecule has 0 unspecified atom stereocenters. The van der Waals surface area contributed by atoms with E-state index < -0.39 is 21.1 Å². The Balaban J connectivity index is 0.00000245. The maximum atomic E-state index is 14.3. The lowest BCUT2D eigenvalue weighted by Gasteiger charge is -2.10. The van der Waals surface area contributed by atoms with Gasteiger partial charge in [0.05, 0.1) is 17.3 Å². The Labute approximate surface area is 185 Å². The van der Waals surface area contributed by atoms with E-state index in [1.807, 2.05) is 6.07 Å². The van der Waals surface area contributed by atoms with Crippen LogP contribution in [0, 0.1) is 5.82 Å². The lowest BCUT2D eigenvalue weighted by Crippen LogP contribution is -2.30. The number of halogens is 1. The van der Waals surface area contributed by atoms with Gasteiger partial charge in [0.25, 0.3) is 0 Å². The Morgan fingerprint density at radius 1 is 1.28 bits per heavy atom. The van der Waals surface area contributed by atoms with Gasteiger partial charge in [0, 0.05) is 29.8 Å². The number of hydrogen-bond acceptors (Lipinski definition) is 6. The van der Waals surface area contributed by atoms with E-state index in [0.717, 1.165) is 24.2 Å². The third-order valence-corrected chi connectivity index (χ3v) is 7.11. The summed E-state index contributed by atoms with van der Waals surface area (Å²) in [5, 5.41) is 7.42. The Hall–Kier alpha value is -3.05. The van der Waals surface area contributed by atoms with Crippen LogP contribution < -0.4 is 10.0 Å². The summed E-state index contributed by atoms with van der Waals surface area (Å²) in [4.78, 5) is 12.2. The van der Waals surface area contributed by atoms with E-state index in [4.69, 9.17) is 0 Å². The Morgan fingerprint density at radius 3 is 2.78 bits per heavy atom. The van der Waals surface area contributed by atoms with Crippen molar-refractivity contribution in [2.45, 2.75) is 52.0 Å². The highest BCUT2D eigenvalue weighted by atomic mass is 32.2. The van der Waals surface area contributed by atoms with E-state index in [0.29, 0.717) is 28.6 Å². The number of hydrogen-bond donors (Lipinski definition) is 3. The van der Waals surface area contributed by atoms with Crippen LogP contribution in [0.4, 0.5) is 10.2 Å². The van der Waals surface area contributed by atoms with E-state index in [-0.39, 0.29) is 19.5 Å². The predicted molar refractivity (Wildman–Crippen MR) is 122 cm³/mol. The quantitative estimate of drug-likeness (QED) is 0.390. The van der Waals surface area contributed by atoms with Crippen molar-refractivity contribution in [2.75, 3.05) is 5.32 Å². The van der Waals surface area contributed by atoms with Gasteiger partial charge in [-0.2, -0.15) is 9.61 Å². The molecule has 1 aliphatic rings. The van der Waals surface area contributed by atoms with E-state index in [1.54, 1.807) is 36.8 Å². The summed E-state index contributed by atoms with van der Waals surface area (Å²) in [5.74, 6) is 0.250. The highest BCUT2D eigenvalue weighted by Crippen LogP contribution is 2.29. The minimum absolute atomic E-state index is 0. The van der Waals surface area contributed by atoms with Crippen LogP contribution in [-0.4, -0.2) is 44.3 Å². The third kappa shape index (κ3) is 4.05. The van der Waals surface area contributed by atoms with Crippen LogP contribution >= 0.6 is 0 Å². The van der Waals surface area contributed by atoms with E-state index >= 15 is 0 Å². The Bertz CT molecular complexity index is 1390. The zero-order valence-electron chi connectivity index (χ0n) is 17.1. The number of sulfonamides is 1. The molecule has 11 heteroatoms. The summed E-state index contributed by atoms with van der Waals surface area (Å²) in [6.07, 6.45) is 3.83. The predicted octanol–water partition coefficient (Wildman–Crippen LogP) is 3.45. The van der Waals surface area contributed by atoms with E-state index in [2.05, 4.69) is 30.1 Å². The second kappa shape index (κ2) is 8.14. The molecule has 32 heavy (non-hydrogen) atoms. The van der Waals surface area contributed by atoms with Gasteiger partial charge in [0.2, 0.25) is 10.0 Å². The minimum Gasteiger partial charge on any atom is -0.365 e. The second-order valence-electron chi connectivity index (χ2n) is 8.00. The molecule has 4 aromatic rings. The molecule has 5 rings (SSSR count). The lowest BCUT2D eigenvalue weighted by atomic mass is 10.1. The second-order valence-corrected chi connectivity index (χ2v) is 10.3. The molecule has 1 saturated carbocycles. The monoisotopic (exact) mass is 459 g/mol. The van der Waals surface area contributed by atoms with Crippen molar-refractivity contribution >= 4 is 32.7 Å². The molecule has 3 heterocycles. The zero-order chi connectivity index (χ0) is 21.8. The van der Waals surface area contributed by atoms with Crippen LogP contribution in [0.15, 0.2) is 30.6 Å². The normalized spacial score (nSPS) is 14.2. The first-order chi connectivity index (χ1) is 14.8. The number of benzene rings is 1. The molecule has 170 valence electrons. The average Bonchev–Trinajstić information content (AvgIpc) is 3.23. The fourth-order valence-corrected chi connectivity index (χ4v) is 3.97. The third-order valence-electron chi connectivity index (χ3n) is 5.32. The molecule has 0 spiro atoms. The maximum absolute atomic E-state index is 14.3. The number of H-pyrrole nitrogens is 1. The summed E-state index contributed by atoms with van der Waals surface area (Å²) in [6, 6.07) is 6.77. The molecule has 1 fully saturated rings. The van der Waals surface area contributed by atoms with E-state index in [1.165, 1.54) is 6.07 Å². The van der Waals surface area contributed by atoms with Crippen molar-refractivity contribution in [1.29, 1.82) is 0 Å². The molecule has 3 aromatic heterocycles. The molecular weight excluding hydrogens is 433 g/mol. The number of rotatable bonds is 7. The lowest BCUT2D eigenvalue weighted by molar-refractivity contribution is 0.566. The first-order valence-electron chi connectivity index (χ1n) is 10.1. The summed E-state index contributed by atoms with van der Waals surface area (Å²) >= 11 is 0. The first kappa shape index (κ1) is 22.2. The largest absolute Gasteiger partial charge is 0.365 e. The molecular formula is C21H26FN7O2S. The average molecular weight is 460 g/mol. The molecule has 0 bridgehead atoms. The van der Waals surface area contributed by atoms with Gasteiger partial charge >= 0.3 is 0 Å². The Morgan fingerprint density at radius 2 is 2.06 bits per heavy atom. The van der Waals surface area contributed by atoms with Crippen molar-refractivity contribution in [3.8, 4) is 11.3 Å². The highest BCUT2D eigenvalue weighted by molar-refractivity contribution is 7.90. The maximum Gasteiger partial charge on any atom is 0.214 e. The van der Waals surface area contributed by atoms with Gasteiger partial charge < -0.3 is 10.3 Å². The SMILES string of the molecule is C.CC(C)S(=O)(=O)NCc1cc(-c2cc3nc(NC4CC4)c4[nH]cnc4n3n2)ccc1F. The summed E-state index contributed by atoms with van der Waals surface area (Å²) in [5.41, 5.74) is 3.53. The fourth-order valence-electron chi connectivity index (χ4n) is 3.28. The minimum atomic E-state index is -3.50.